The molecule has 0 radical (unpaired) electrons. The number of hydrogen-bond acceptors (Lipinski definition) is 6. The van der Waals surface area contributed by atoms with Crippen LogP contribution in [0.3, 0.4) is 0 Å². The summed E-state index contributed by atoms with van der Waals surface area (Å²) >= 11 is 6.17. The van der Waals surface area contributed by atoms with E-state index in [1.165, 1.54) is 11.2 Å². The van der Waals surface area contributed by atoms with E-state index in [1.54, 1.807) is 18.2 Å². The van der Waals surface area contributed by atoms with E-state index >= 15 is 0 Å². The van der Waals surface area contributed by atoms with Gasteiger partial charge in [0.25, 0.3) is 5.91 Å². The van der Waals surface area contributed by atoms with Crippen molar-refractivity contribution in [1.29, 1.82) is 0 Å². The van der Waals surface area contributed by atoms with Gasteiger partial charge in [0.2, 0.25) is 5.91 Å². The first kappa shape index (κ1) is 16.2. The summed E-state index contributed by atoms with van der Waals surface area (Å²) < 4.78 is 5.41. The molecule has 0 spiro atoms. The molecule has 22 heavy (non-hydrogen) atoms. The number of furan rings is 1. The summed E-state index contributed by atoms with van der Waals surface area (Å²) in [6.45, 7) is -0.231. The van der Waals surface area contributed by atoms with Crippen LogP contribution in [0, 0.1) is 0 Å². The van der Waals surface area contributed by atoms with Gasteiger partial charge in [-0.3, -0.25) is 19.3 Å². The fourth-order valence-corrected chi connectivity index (χ4v) is 2.88. The molecule has 1 aliphatic heterocycles. The van der Waals surface area contributed by atoms with E-state index in [1.807, 2.05) is 0 Å². The minimum atomic E-state index is -1.01. The number of nitrogens with zero attached hydrogens (tertiary/aromatic N) is 1. The number of carbonyl (C=O) groups excluding carboxylic acids is 2. The summed E-state index contributed by atoms with van der Waals surface area (Å²) in [5, 5.41) is 10.9. The van der Waals surface area contributed by atoms with E-state index in [4.69, 9.17) is 21.7 Å². The Labute approximate surface area is 135 Å². The van der Waals surface area contributed by atoms with Gasteiger partial charge >= 0.3 is 5.97 Å². The van der Waals surface area contributed by atoms with Crippen molar-refractivity contribution in [3.05, 3.63) is 29.1 Å². The normalized spacial score (nSPS) is 16.4. The Bertz CT molecular complexity index is 639. The highest BCUT2D eigenvalue weighted by atomic mass is 32.2. The number of aliphatic carboxylic acids is 1. The Morgan fingerprint density at radius 2 is 2.27 bits per heavy atom. The van der Waals surface area contributed by atoms with Crippen LogP contribution in [0.15, 0.2) is 27.7 Å². The third-order valence-corrected chi connectivity index (χ3v) is 4.03. The van der Waals surface area contributed by atoms with E-state index in [9.17, 15) is 14.4 Å². The van der Waals surface area contributed by atoms with Crippen molar-refractivity contribution in [1.82, 2.24) is 10.2 Å². The average molecular weight is 340 g/mol. The largest absolute Gasteiger partial charge is 0.481 e. The molecule has 0 bridgehead atoms. The Morgan fingerprint density at radius 3 is 2.91 bits per heavy atom. The van der Waals surface area contributed by atoms with Gasteiger partial charge in [-0.2, -0.15) is 0 Å². The smallest absolute Gasteiger partial charge is 0.305 e. The molecule has 2 rings (SSSR count). The van der Waals surface area contributed by atoms with Gasteiger partial charge in [0.15, 0.2) is 0 Å². The molecule has 116 valence electrons. The van der Waals surface area contributed by atoms with Gasteiger partial charge in [-0.25, -0.2) is 0 Å². The highest BCUT2D eigenvalue weighted by Crippen LogP contribution is 2.32. The second-order valence-electron chi connectivity index (χ2n) is 4.28. The van der Waals surface area contributed by atoms with Gasteiger partial charge in [0.05, 0.1) is 17.6 Å². The van der Waals surface area contributed by atoms with Gasteiger partial charge < -0.3 is 14.8 Å². The second kappa shape index (κ2) is 7.23. The Morgan fingerprint density at radius 1 is 1.50 bits per heavy atom. The van der Waals surface area contributed by atoms with Crippen LogP contribution in [0.4, 0.5) is 0 Å². The molecule has 1 aromatic rings. The fourth-order valence-electron chi connectivity index (χ4n) is 1.65. The van der Waals surface area contributed by atoms with Crippen molar-refractivity contribution < 1.29 is 23.9 Å². The van der Waals surface area contributed by atoms with E-state index in [0.717, 1.165) is 11.8 Å². The minimum absolute atomic E-state index is 0.00515. The van der Waals surface area contributed by atoms with Crippen molar-refractivity contribution in [3.8, 4) is 0 Å². The van der Waals surface area contributed by atoms with Gasteiger partial charge in [-0.05, 0) is 12.1 Å². The molecule has 2 heterocycles. The fraction of sp³-hybridized carbons (Fsp3) is 0.231. The van der Waals surface area contributed by atoms with Gasteiger partial charge in [0.1, 0.15) is 16.6 Å². The van der Waals surface area contributed by atoms with Crippen LogP contribution >= 0.6 is 24.0 Å². The first-order chi connectivity index (χ1) is 10.5. The summed E-state index contributed by atoms with van der Waals surface area (Å²) in [6, 6.07) is 3.40. The van der Waals surface area contributed by atoms with Crippen molar-refractivity contribution in [2.75, 3.05) is 13.1 Å². The number of carboxylic acids is 1. The number of thiocarbonyl (C=S) groups is 1. The lowest BCUT2D eigenvalue weighted by Gasteiger charge is -2.13. The zero-order chi connectivity index (χ0) is 16.1. The Balaban J connectivity index is 1.94. The molecule has 1 aromatic heterocycles. The van der Waals surface area contributed by atoms with Crippen LogP contribution in [-0.4, -0.2) is 45.2 Å². The zero-order valence-corrected chi connectivity index (χ0v) is 12.9. The zero-order valence-electron chi connectivity index (χ0n) is 11.3. The minimum Gasteiger partial charge on any atom is -0.481 e. The maximum atomic E-state index is 12.2. The van der Waals surface area contributed by atoms with Crippen LogP contribution < -0.4 is 5.32 Å². The Hall–Kier alpha value is -2.13. The van der Waals surface area contributed by atoms with E-state index in [2.05, 4.69) is 5.32 Å². The lowest BCUT2D eigenvalue weighted by Crippen LogP contribution is -2.40. The summed E-state index contributed by atoms with van der Waals surface area (Å²) in [5.74, 6) is -1.32. The molecule has 0 saturated carbocycles. The lowest BCUT2D eigenvalue weighted by atomic mass is 10.3. The summed E-state index contributed by atoms with van der Waals surface area (Å²) in [5.41, 5.74) is 0. The third-order valence-electron chi connectivity index (χ3n) is 2.65. The predicted molar refractivity (Wildman–Crippen MR) is 83.8 cm³/mol. The van der Waals surface area contributed by atoms with Gasteiger partial charge in [-0.15, -0.1) is 0 Å². The first-order valence-electron chi connectivity index (χ1n) is 6.24. The van der Waals surface area contributed by atoms with Crippen LogP contribution in [0.25, 0.3) is 6.08 Å². The van der Waals surface area contributed by atoms with Crippen molar-refractivity contribution in [2.45, 2.75) is 6.42 Å². The van der Waals surface area contributed by atoms with Crippen molar-refractivity contribution in [3.63, 3.8) is 0 Å². The molecule has 1 fully saturated rings. The van der Waals surface area contributed by atoms with Gasteiger partial charge in [-0.1, -0.05) is 24.0 Å². The molecule has 1 saturated heterocycles. The topological polar surface area (TPSA) is 99.9 Å². The molecule has 2 amide bonds. The number of amides is 2. The molecule has 0 aromatic carbocycles. The summed E-state index contributed by atoms with van der Waals surface area (Å²) in [4.78, 5) is 35.8. The van der Waals surface area contributed by atoms with Crippen molar-refractivity contribution >= 4 is 52.2 Å². The highest BCUT2D eigenvalue weighted by molar-refractivity contribution is 8.26. The molecule has 7 nitrogen and oxygen atoms in total. The van der Waals surface area contributed by atoms with E-state index in [0.29, 0.717) is 10.7 Å². The van der Waals surface area contributed by atoms with Crippen LogP contribution in [0.1, 0.15) is 12.2 Å². The molecule has 9 heteroatoms. The Kier molecular flexibility index (Phi) is 5.34. The predicted octanol–water partition coefficient (Wildman–Crippen LogP) is 1.07. The molecule has 0 atom stereocenters. The standard InChI is InChI=1S/C13H12N2O5S2/c16-10(14-4-3-11(17)18)7-15-12(19)9(22-13(15)21)6-8-2-1-5-20-8/h1-2,5-6H,3-4,7H2,(H,14,16)(H,17,18)/b9-6-. The number of carboxylic acid groups (broad SMARTS) is 1. The van der Waals surface area contributed by atoms with Crippen LogP contribution in [0.5, 0.6) is 0 Å². The molecule has 0 unspecified atom stereocenters. The molecule has 2 N–H and O–H groups in total. The molecule has 1 aliphatic rings. The van der Waals surface area contributed by atoms with E-state index in [-0.39, 0.29) is 29.7 Å². The molecular formula is C13H12N2O5S2. The SMILES string of the molecule is O=C(O)CCNC(=O)CN1C(=O)/C(=C/c2ccco2)SC1=S. The van der Waals surface area contributed by atoms with Crippen LogP contribution in [-0.2, 0) is 14.4 Å². The molecular weight excluding hydrogens is 328 g/mol. The van der Waals surface area contributed by atoms with E-state index < -0.39 is 11.9 Å². The monoisotopic (exact) mass is 340 g/mol. The number of nitrogens with one attached hydrogen (secondary N) is 1. The highest BCUT2D eigenvalue weighted by Gasteiger charge is 2.33. The first-order valence-corrected chi connectivity index (χ1v) is 7.47. The second-order valence-corrected chi connectivity index (χ2v) is 5.95. The number of carbonyl (C=O) groups is 3. The average Bonchev–Trinajstić information content (AvgIpc) is 3.03. The van der Waals surface area contributed by atoms with Crippen LogP contribution in [0.2, 0.25) is 0 Å². The maximum absolute atomic E-state index is 12.2. The molecule has 0 aliphatic carbocycles. The summed E-state index contributed by atoms with van der Waals surface area (Å²) in [7, 11) is 0. The maximum Gasteiger partial charge on any atom is 0.305 e. The quantitative estimate of drug-likeness (QED) is 0.590. The van der Waals surface area contributed by atoms with Crippen molar-refractivity contribution in [2.24, 2.45) is 0 Å². The summed E-state index contributed by atoms with van der Waals surface area (Å²) in [6.07, 6.45) is 2.87. The number of rotatable bonds is 6. The number of hydrogen-bond donors (Lipinski definition) is 2. The number of thioether (sulfide) groups is 1. The third kappa shape index (κ3) is 4.18. The lowest BCUT2D eigenvalue weighted by molar-refractivity contribution is -0.137. The van der Waals surface area contributed by atoms with Gasteiger partial charge in [0, 0.05) is 12.6 Å².